The Hall–Kier alpha value is -1.94. The molecule has 4 unspecified atom stereocenters. The maximum atomic E-state index is 13.1. The van der Waals surface area contributed by atoms with E-state index in [-0.39, 0.29) is 25.7 Å². The Kier molecular flexibility index (Phi) is 64.3. The number of hydrogen-bond donors (Lipinski definition) is 3. The molecule has 0 aliphatic heterocycles. The highest BCUT2D eigenvalue weighted by molar-refractivity contribution is 7.47. The minimum atomic E-state index is -4.96. The van der Waals surface area contributed by atoms with Crippen LogP contribution >= 0.6 is 15.6 Å². The number of hydrogen-bond acceptors (Lipinski definition) is 15. The zero-order chi connectivity index (χ0) is 69.4. The van der Waals surface area contributed by atoms with Crippen molar-refractivity contribution in [1.82, 2.24) is 0 Å². The van der Waals surface area contributed by atoms with Crippen molar-refractivity contribution in [2.75, 3.05) is 39.6 Å². The molecule has 19 heteroatoms. The van der Waals surface area contributed by atoms with Crippen molar-refractivity contribution in [3.8, 4) is 0 Å². The normalized spacial score (nSPS) is 14.7. The number of ether oxygens (including phenoxy) is 4. The molecule has 0 fully saturated rings. The van der Waals surface area contributed by atoms with Crippen molar-refractivity contribution >= 4 is 39.5 Å². The van der Waals surface area contributed by atoms with Crippen molar-refractivity contribution < 1.29 is 80.2 Å². The van der Waals surface area contributed by atoms with Gasteiger partial charge in [0.25, 0.3) is 0 Å². The molecule has 0 spiro atoms. The van der Waals surface area contributed by atoms with E-state index in [9.17, 15) is 43.2 Å². The third kappa shape index (κ3) is 66.0. The van der Waals surface area contributed by atoms with Crippen LogP contribution in [-0.4, -0.2) is 96.7 Å². The Morgan fingerprint density at radius 3 is 0.809 bits per heavy atom. The van der Waals surface area contributed by atoms with Gasteiger partial charge in [0, 0.05) is 25.7 Å². The Balaban J connectivity index is 5.12. The number of phosphoric acid groups is 2. The number of carbonyl (C=O) groups is 4. The third-order valence-electron chi connectivity index (χ3n) is 18.1. The van der Waals surface area contributed by atoms with E-state index in [0.29, 0.717) is 25.7 Å². The summed E-state index contributed by atoms with van der Waals surface area (Å²) in [4.78, 5) is 72.4. The average molecular weight is 1380 g/mol. The van der Waals surface area contributed by atoms with Crippen molar-refractivity contribution in [2.24, 2.45) is 17.8 Å². The molecule has 0 heterocycles. The predicted octanol–water partition coefficient (Wildman–Crippen LogP) is 21.8. The van der Waals surface area contributed by atoms with E-state index >= 15 is 0 Å². The Bertz CT molecular complexity index is 1840. The van der Waals surface area contributed by atoms with Gasteiger partial charge in [-0.2, -0.15) is 0 Å². The first-order valence-corrected chi connectivity index (χ1v) is 41.9. The lowest BCUT2D eigenvalue weighted by Gasteiger charge is -2.21. The summed E-state index contributed by atoms with van der Waals surface area (Å²) in [6.45, 7) is 11.9. The lowest BCUT2D eigenvalue weighted by Crippen LogP contribution is -2.30. The monoisotopic (exact) mass is 1380 g/mol. The molecule has 0 radical (unpaired) electrons. The molecule has 0 aromatic rings. The van der Waals surface area contributed by atoms with Crippen LogP contribution in [0.4, 0.5) is 0 Å². The molecule has 0 aliphatic rings. The molecule has 0 aromatic carbocycles. The topological polar surface area (TPSA) is 237 Å². The maximum Gasteiger partial charge on any atom is 0.472 e. The second kappa shape index (κ2) is 65.7. The van der Waals surface area contributed by atoms with Gasteiger partial charge in [0.15, 0.2) is 12.2 Å². The standard InChI is InChI=1S/C75H146O17P2/c1-8-11-12-39-49-56-72(77)85-62-70(91-75(80)59-52-45-38-32-31-35-42-48-55-68(7)10-3)64-89-93(81,82)87-60-69(76)61-88-94(83,84)90-65-71(63-86-73(78)57-50-43-36-29-25-22-21-23-27-33-40-46-53-66(4)5)92-74(79)58-51-44-37-30-26-20-18-16-14-13-15-17-19-24-28-34-41-47-54-67(6)9-2/h66-71,76H,8-65H2,1-7H3,(H,81,82)(H,83,84)/t67?,68?,69-,70+,71+/m0/s1. The van der Waals surface area contributed by atoms with E-state index in [4.69, 9.17) is 37.0 Å². The number of unbranched alkanes of at least 4 members (excludes halogenated alkanes) is 39. The molecule has 0 amide bonds. The smallest absolute Gasteiger partial charge is 0.462 e. The van der Waals surface area contributed by atoms with Gasteiger partial charge in [0.2, 0.25) is 0 Å². The molecule has 0 saturated carbocycles. The zero-order valence-corrected chi connectivity index (χ0v) is 63.2. The van der Waals surface area contributed by atoms with E-state index in [1.165, 1.54) is 186 Å². The fourth-order valence-electron chi connectivity index (χ4n) is 11.4. The molecule has 3 N–H and O–H groups in total. The first-order chi connectivity index (χ1) is 45.3. The summed E-state index contributed by atoms with van der Waals surface area (Å²) in [5, 5.41) is 10.6. The lowest BCUT2D eigenvalue weighted by molar-refractivity contribution is -0.161. The lowest BCUT2D eigenvalue weighted by atomic mass is 9.99. The highest BCUT2D eigenvalue weighted by Crippen LogP contribution is 2.45. The second-order valence-corrected chi connectivity index (χ2v) is 30.9. The van der Waals surface area contributed by atoms with Crippen LogP contribution in [0.15, 0.2) is 0 Å². The third-order valence-corrected chi connectivity index (χ3v) is 20.0. The number of carbonyl (C=O) groups excluding carboxylic acids is 4. The molecule has 0 saturated heterocycles. The molecule has 0 aliphatic carbocycles. The fraction of sp³-hybridized carbons (Fsp3) is 0.947. The van der Waals surface area contributed by atoms with Gasteiger partial charge < -0.3 is 33.8 Å². The molecular formula is C75H146O17P2. The first kappa shape index (κ1) is 92.1. The van der Waals surface area contributed by atoms with Gasteiger partial charge in [-0.15, -0.1) is 0 Å². The van der Waals surface area contributed by atoms with Crippen LogP contribution in [0.1, 0.15) is 382 Å². The van der Waals surface area contributed by atoms with Crippen LogP contribution in [0.25, 0.3) is 0 Å². The summed E-state index contributed by atoms with van der Waals surface area (Å²) in [7, 11) is -9.90. The maximum absolute atomic E-state index is 13.1. The zero-order valence-electron chi connectivity index (χ0n) is 61.4. The van der Waals surface area contributed by atoms with E-state index in [1.54, 1.807) is 0 Å². The SMILES string of the molecule is CCCCCCCC(=O)OC[C@H](COP(=O)(O)OC[C@H](O)COP(=O)(O)OC[C@@H](COC(=O)CCCCCCCCCCCCCCC(C)C)OC(=O)CCCCCCCCCCCCCCCCCCCCC(C)CC)OC(=O)CCCCCCCCCCC(C)CC. The van der Waals surface area contributed by atoms with E-state index in [2.05, 4.69) is 48.5 Å². The van der Waals surface area contributed by atoms with Crippen LogP contribution in [-0.2, 0) is 65.4 Å². The Labute approximate surface area is 575 Å². The first-order valence-electron chi connectivity index (χ1n) is 38.9. The molecular weight excluding hydrogens is 1230 g/mol. The minimum Gasteiger partial charge on any atom is -0.462 e. The molecule has 7 atom stereocenters. The minimum absolute atomic E-state index is 0.104. The second-order valence-electron chi connectivity index (χ2n) is 28.0. The highest BCUT2D eigenvalue weighted by Gasteiger charge is 2.30. The summed E-state index contributed by atoms with van der Waals surface area (Å²) < 4.78 is 68.2. The predicted molar refractivity (Wildman–Crippen MR) is 381 cm³/mol. The van der Waals surface area contributed by atoms with Gasteiger partial charge in [-0.25, -0.2) is 9.13 Å². The van der Waals surface area contributed by atoms with Crippen molar-refractivity contribution in [1.29, 1.82) is 0 Å². The van der Waals surface area contributed by atoms with Gasteiger partial charge in [-0.3, -0.25) is 37.3 Å². The number of aliphatic hydroxyl groups is 1. The van der Waals surface area contributed by atoms with Gasteiger partial charge >= 0.3 is 39.5 Å². The molecule has 0 bridgehead atoms. The largest absolute Gasteiger partial charge is 0.472 e. The Morgan fingerprint density at radius 2 is 0.543 bits per heavy atom. The Morgan fingerprint density at radius 1 is 0.309 bits per heavy atom. The average Bonchev–Trinajstić information content (AvgIpc) is 1.27. The summed E-state index contributed by atoms with van der Waals surface area (Å²) in [5.41, 5.74) is 0. The molecule has 0 aromatic heterocycles. The fourth-order valence-corrected chi connectivity index (χ4v) is 12.9. The van der Waals surface area contributed by atoms with Crippen molar-refractivity contribution in [3.63, 3.8) is 0 Å². The number of phosphoric ester groups is 2. The van der Waals surface area contributed by atoms with Gasteiger partial charge in [0.05, 0.1) is 26.4 Å². The van der Waals surface area contributed by atoms with Gasteiger partial charge in [-0.1, -0.05) is 331 Å². The van der Waals surface area contributed by atoms with Crippen LogP contribution in [0, 0.1) is 17.8 Å². The highest BCUT2D eigenvalue weighted by atomic mass is 31.2. The quantitative estimate of drug-likeness (QED) is 0.0222. The van der Waals surface area contributed by atoms with Crippen LogP contribution in [0.2, 0.25) is 0 Å². The summed E-state index contributed by atoms with van der Waals surface area (Å²) >= 11 is 0. The molecule has 558 valence electrons. The number of aliphatic hydroxyl groups excluding tert-OH is 1. The number of esters is 4. The van der Waals surface area contributed by atoms with Gasteiger partial charge in [-0.05, 0) is 43.4 Å². The summed E-state index contributed by atoms with van der Waals surface area (Å²) in [5.74, 6) is 0.290. The summed E-state index contributed by atoms with van der Waals surface area (Å²) in [6, 6.07) is 0. The van der Waals surface area contributed by atoms with Crippen LogP contribution in [0.3, 0.4) is 0 Å². The van der Waals surface area contributed by atoms with Crippen molar-refractivity contribution in [3.05, 3.63) is 0 Å². The molecule has 94 heavy (non-hydrogen) atoms. The van der Waals surface area contributed by atoms with E-state index in [0.717, 1.165) is 114 Å². The van der Waals surface area contributed by atoms with Crippen LogP contribution < -0.4 is 0 Å². The summed E-state index contributed by atoms with van der Waals surface area (Å²) in [6.07, 6.45) is 51.8. The van der Waals surface area contributed by atoms with E-state index in [1.807, 2.05) is 0 Å². The van der Waals surface area contributed by atoms with Crippen LogP contribution in [0.5, 0.6) is 0 Å². The number of rotatable bonds is 73. The van der Waals surface area contributed by atoms with Crippen molar-refractivity contribution in [2.45, 2.75) is 401 Å². The molecule has 17 nitrogen and oxygen atoms in total. The van der Waals surface area contributed by atoms with E-state index < -0.39 is 97.5 Å². The molecule has 0 rings (SSSR count). The van der Waals surface area contributed by atoms with Gasteiger partial charge in [0.1, 0.15) is 19.3 Å².